The highest BCUT2D eigenvalue weighted by molar-refractivity contribution is 6.15. The summed E-state index contributed by atoms with van der Waals surface area (Å²) in [7, 11) is 1.65. The summed E-state index contributed by atoms with van der Waals surface area (Å²) in [6, 6.07) is 9.67. The summed E-state index contributed by atoms with van der Waals surface area (Å²) in [5.74, 6) is 1.55. The smallest absolute Gasteiger partial charge is 0.231 e. The summed E-state index contributed by atoms with van der Waals surface area (Å²) < 4.78 is 13.7. The van der Waals surface area contributed by atoms with E-state index in [9.17, 15) is 9.90 Å². The third kappa shape index (κ3) is 3.78. The molecular formula is C27H30N2O4. The van der Waals surface area contributed by atoms with E-state index in [-0.39, 0.29) is 17.3 Å². The van der Waals surface area contributed by atoms with Crippen LogP contribution in [0.15, 0.2) is 42.3 Å². The van der Waals surface area contributed by atoms with Crippen LogP contribution in [0.3, 0.4) is 0 Å². The molecule has 33 heavy (non-hydrogen) atoms. The van der Waals surface area contributed by atoms with Crippen LogP contribution in [-0.4, -0.2) is 40.1 Å². The molecule has 1 saturated heterocycles. The van der Waals surface area contributed by atoms with Gasteiger partial charge in [-0.1, -0.05) is 6.42 Å². The van der Waals surface area contributed by atoms with Gasteiger partial charge in [0.1, 0.15) is 17.2 Å². The minimum absolute atomic E-state index is 0.154. The maximum absolute atomic E-state index is 13.2. The number of carbonyl (C=O) groups is 1. The first-order chi connectivity index (χ1) is 16.0. The summed E-state index contributed by atoms with van der Waals surface area (Å²) in [5.41, 5.74) is 3.18. The zero-order chi connectivity index (χ0) is 23.1. The van der Waals surface area contributed by atoms with Gasteiger partial charge in [-0.05, 0) is 69.6 Å². The number of benzene rings is 2. The number of allylic oxidation sites excluding steroid dienone is 1. The summed E-state index contributed by atoms with van der Waals surface area (Å²) in [4.78, 5) is 15.6. The number of methoxy groups -OCH3 is 1. The predicted molar refractivity (Wildman–Crippen MR) is 129 cm³/mol. The minimum atomic E-state index is -0.154. The van der Waals surface area contributed by atoms with Crippen molar-refractivity contribution in [2.45, 2.75) is 52.2 Å². The summed E-state index contributed by atoms with van der Waals surface area (Å²) >= 11 is 0. The minimum Gasteiger partial charge on any atom is -0.507 e. The van der Waals surface area contributed by atoms with Crippen molar-refractivity contribution in [2.24, 2.45) is 0 Å². The lowest BCUT2D eigenvalue weighted by Gasteiger charge is -2.33. The van der Waals surface area contributed by atoms with Crippen LogP contribution < -0.4 is 9.47 Å². The van der Waals surface area contributed by atoms with E-state index in [1.165, 1.54) is 6.42 Å². The number of phenols is 1. The molecule has 3 aromatic rings. The van der Waals surface area contributed by atoms with Gasteiger partial charge in [0.2, 0.25) is 5.78 Å². The molecule has 6 nitrogen and oxygen atoms in total. The molecule has 5 rings (SSSR count). The van der Waals surface area contributed by atoms with E-state index >= 15 is 0 Å². The standard InChI is InChI=1S/C27H30N2O4/c1-4-28-15-18(21-14-19(32-3)8-10-23(21)28)13-25-26(31)20-9-11-24(30)22(27(20)33-25)16-29-12-6-5-7-17(29)2/h8-11,13-15,17,30H,4-7,12,16H2,1-3H3/b25-13+/t17-/m1/s1. The Kier molecular flexibility index (Phi) is 5.62. The number of ether oxygens (including phenoxy) is 2. The molecule has 2 aliphatic rings. The number of rotatable bonds is 5. The first-order valence-corrected chi connectivity index (χ1v) is 11.7. The number of phenolic OH excluding ortho intramolecular Hbond substituents is 1. The van der Waals surface area contributed by atoms with Crippen molar-refractivity contribution in [2.75, 3.05) is 13.7 Å². The number of likely N-dealkylation sites (tertiary alicyclic amines) is 1. The Balaban J connectivity index is 1.53. The zero-order valence-corrected chi connectivity index (χ0v) is 19.4. The Bertz CT molecular complexity index is 1260. The van der Waals surface area contributed by atoms with Gasteiger partial charge >= 0.3 is 0 Å². The van der Waals surface area contributed by atoms with Crippen LogP contribution in [0.2, 0.25) is 0 Å². The third-order valence-electron chi connectivity index (χ3n) is 6.96. The Morgan fingerprint density at radius 1 is 1.24 bits per heavy atom. The van der Waals surface area contributed by atoms with Crippen LogP contribution in [0.5, 0.6) is 17.2 Å². The highest BCUT2D eigenvalue weighted by Gasteiger charge is 2.32. The molecule has 2 aliphatic heterocycles. The lowest BCUT2D eigenvalue weighted by molar-refractivity contribution is 0.101. The second-order valence-electron chi connectivity index (χ2n) is 8.95. The van der Waals surface area contributed by atoms with E-state index in [2.05, 4.69) is 23.3 Å². The van der Waals surface area contributed by atoms with Gasteiger partial charge in [0.15, 0.2) is 5.76 Å². The number of hydrogen-bond donors (Lipinski definition) is 1. The quantitative estimate of drug-likeness (QED) is 0.534. The highest BCUT2D eigenvalue weighted by Crippen LogP contribution is 2.41. The van der Waals surface area contributed by atoms with Gasteiger partial charge in [-0.3, -0.25) is 9.69 Å². The molecule has 1 fully saturated rings. The predicted octanol–water partition coefficient (Wildman–Crippen LogP) is 5.37. The number of aromatic nitrogens is 1. The van der Waals surface area contributed by atoms with Crippen molar-refractivity contribution in [3.05, 3.63) is 59.0 Å². The lowest BCUT2D eigenvalue weighted by atomic mass is 10.0. The van der Waals surface area contributed by atoms with Crippen molar-refractivity contribution in [1.82, 2.24) is 9.47 Å². The van der Waals surface area contributed by atoms with E-state index in [1.807, 2.05) is 24.4 Å². The molecule has 0 spiro atoms. The summed E-state index contributed by atoms with van der Waals surface area (Å²) in [5, 5.41) is 11.6. The average molecular weight is 447 g/mol. The Labute approximate surface area is 194 Å². The number of carbonyl (C=O) groups excluding carboxylic acids is 1. The van der Waals surface area contributed by atoms with Crippen LogP contribution >= 0.6 is 0 Å². The topological polar surface area (TPSA) is 63.9 Å². The molecule has 0 bridgehead atoms. The van der Waals surface area contributed by atoms with Gasteiger partial charge < -0.3 is 19.1 Å². The normalized spacial score (nSPS) is 19.8. The lowest BCUT2D eigenvalue weighted by Crippen LogP contribution is -2.36. The Morgan fingerprint density at radius 3 is 2.85 bits per heavy atom. The number of aromatic hydroxyl groups is 1. The SMILES string of the molecule is CCn1cc(/C=C2/Oc3c(ccc(O)c3CN3CCCC[C@H]3C)C2=O)c2cc(OC)ccc21. The molecular weight excluding hydrogens is 416 g/mol. The van der Waals surface area contributed by atoms with Gasteiger partial charge in [0, 0.05) is 41.8 Å². The molecule has 0 radical (unpaired) electrons. The summed E-state index contributed by atoms with van der Waals surface area (Å²) in [6.45, 7) is 6.67. The largest absolute Gasteiger partial charge is 0.507 e. The fourth-order valence-electron chi connectivity index (χ4n) is 4.99. The van der Waals surface area contributed by atoms with Crippen LogP contribution in [0.25, 0.3) is 17.0 Å². The van der Waals surface area contributed by atoms with Crippen LogP contribution in [0.1, 0.15) is 54.6 Å². The number of Topliss-reactive ketones (excluding diaryl/α,β-unsaturated/α-hetero) is 1. The van der Waals surface area contributed by atoms with Gasteiger partial charge in [-0.2, -0.15) is 0 Å². The van der Waals surface area contributed by atoms with Gasteiger partial charge in [0.25, 0.3) is 0 Å². The van der Waals surface area contributed by atoms with E-state index in [4.69, 9.17) is 9.47 Å². The fourth-order valence-corrected chi connectivity index (χ4v) is 4.99. The average Bonchev–Trinajstić information content (AvgIpc) is 3.34. The van der Waals surface area contributed by atoms with Crippen molar-refractivity contribution in [1.29, 1.82) is 0 Å². The number of nitrogens with zero attached hydrogens (tertiary/aromatic N) is 2. The fraction of sp³-hybridized carbons (Fsp3) is 0.370. The molecule has 0 amide bonds. The van der Waals surface area contributed by atoms with Gasteiger partial charge in [-0.25, -0.2) is 0 Å². The second-order valence-corrected chi connectivity index (χ2v) is 8.95. The second kappa shape index (κ2) is 8.60. The molecule has 0 saturated carbocycles. The maximum Gasteiger partial charge on any atom is 0.231 e. The van der Waals surface area contributed by atoms with Crippen molar-refractivity contribution >= 4 is 22.8 Å². The molecule has 1 atom stereocenters. The van der Waals surface area contributed by atoms with E-state index in [0.29, 0.717) is 29.5 Å². The van der Waals surface area contributed by atoms with Crippen LogP contribution in [-0.2, 0) is 13.1 Å². The number of ketones is 1. The number of fused-ring (bicyclic) bond motifs is 2. The molecule has 3 heterocycles. The number of hydrogen-bond acceptors (Lipinski definition) is 5. The van der Waals surface area contributed by atoms with E-state index in [1.54, 1.807) is 25.3 Å². The molecule has 172 valence electrons. The van der Waals surface area contributed by atoms with Crippen LogP contribution in [0, 0.1) is 0 Å². The van der Waals surface area contributed by atoms with Gasteiger partial charge in [0.05, 0.1) is 18.2 Å². The van der Waals surface area contributed by atoms with Gasteiger partial charge in [-0.15, -0.1) is 0 Å². The number of aryl methyl sites for hydroxylation is 1. The first kappa shape index (κ1) is 21.6. The van der Waals surface area contributed by atoms with Crippen LogP contribution in [0.4, 0.5) is 0 Å². The number of piperidine rings is 1. The molecule has 6 heteroatoms. The Hall–Kier alpha value is -3.25. The van der Waals surface area contributed by atoms with Crippen molar-refractivity contribution in [3.8, 4) is 17.2 Å². The van der Waals surface area contributed by atoms with Crippen molar-refractivity contribution in [3.63, 3.8) is 0 Å². The molecule has 0 unspecified atom stereocenters. The molecule has 1 aromatic heterocycles. The maximum atomic E-state index is 13.2. The monoisotopic (exact) mass is 446 g/mol. The van der Waals surface area contributed by atoms with Crippen molar-refractivity contribution < 1.29 is 19.4 Å². The molecule has 0 aliphatic carbocycles. The summed E-state index contributed by atoms with van der Waals surface area (Å²) in [6.07, 6.45) is 7.36. The third-order valence-corrected chi connectivity index (χ3v) is 6.96. The molecule has 2 aromatic carbocycles. The van der Waals surface area contributed by atoms with E-state index < -0.39 is 0 Å². The highest BCUT2D eigenvalue weighted by atomic mass is 16.5. The van der Waals surface area contributed by atoms with E-state index in [0.717, 1.165) is 48.1 Å². The molecule has 1 N–H and O–H groups in total. The first-order valence-electron chi connectivity index (χ1n) is 11.7. The Morgan fingerprint density at radius 2 is 2.09 bits per heavy atom. The zero-order valence-electron chi connectivity index (χ0n) is 19.4.